The third-order valence-corrected chi connectivity index (χ3v) is 5.83. The molecule has 3 heterocycles. The van der Waals surface area contributed by atoms with Gasteiger partial charge in [0.05, 0.1) is 17.0 Å². The first-order valence-electron chi connectivity index (χ1n) is 9.93. The predicted octanol–water partition coefficient (Wildman–Crippen LogP) is 2.96. The summed E-state index contributed by atoms with van der Waals surface area (Å²) in [6, 6.07) is 5.80. The molecule has 158 valence electrons. The Kier molecular flexibility index (Phi) is 5.01. The third kappa shape index (κ3) is 3.42. The summed E-state index contributed by atoms with van der Waals surface area (Å²) in [5, 5.41) is 8.95. The van der Waals surface area contributed by atoms with Crippen molar-refractivity contribution in [3.05, 3.63) is 57.7 Å². The van der Waals surface area contributed by atoms with E-state index in [0.717, 1.165) is 39.7 Å². The molecule has 1 amide bonds. The van der Waals surface area contributed by atoms with Crippen LogP contribution in [0.1, 0.15) is 44.3 Å². The number of hydrogen-bond acceptors (Lipinski definition) is 5. The van der Waals surface area contributed by atoms with E-state index in [1.165, 1.54) is 0 Å². The third-order valence-electron chi connectivity index (χ3n) is 5.83. The molecule has 0 bridgehead atoms. The Morgan fingerprint density at radius 2 is 1.63 bits per heavy atom. The number of rotatable bonds is 5. The maximum atomic E-state index is 13.7. The van der Waals surface area contributed by atoms with Gasteiger partial charge in [-0.25, -0.2) is 0 Å². The van der Waals surface area contributed by atoms with Crippen molar-refractivity contribution in [3.8, 4) is 11.5 Å². The molecule has 4 rings (SSSR count). The molecule has 1 aromatic carbocycles. The van der Waals surface area contributed by atoms with Crippen LogP contribution in [0.4, 0.5) is 0 Å². The van der Waals surface area contributed by atoms with Gasteiger partial charge in [-0.15, -0.1) is 0 Å². The second-order valence-corrected chi connectivity index (χ2v) is 7.79. The lowest BCUT2D eigenvalue weighted by Gasteiger charge is -2.24. The SMILES string of the molecule is Cc1nn(C)c(C)c1CN(Cc1ccc2c(c1)OCO2)C(=O)c1c(C)nn(C)c1C. The Bertz CT molecular complexity index is 1130. The molecule has 0 saturated carbocycles. The fourth-order valence-corrected chi connectivity index (χ4v) is 3.94. The van der Waals surface area contributed by atoms with Crippen LogP contribution < -0.4 is 9.47 Å². The Hall–Kier alpha value is -3.29. The Labute approximate surface area is 176 Å². The molecule has 0 aliphatic carbocycles. The Balaban J connectivity index is 1.71. The van der Waals surface area contributed by atoms with E-state index >= 15 is 0 Å². The molecule has 2 aromatic heterocycles. The van der Waals surface area contributed by atoms with Crippen LogP contribution in [0.3, 0.4) is 0 Å². The van der Waals surface area contributed by atoms with E-state index in [1.54, 1.807) is 4.68 Å². The zero-order chi connectivity index (χ0) is 21.6. The second-order valence-electron chi connectivity index (χ2n) is 7.79. The molecule has 1 aliphatic heterocycles. The van der Waals surface area contributed by atoms with Crippen LogP contribution in [0.25, 0.3) is 0 Å². The first kappa shape index (κ1) is 20.0. The number of benzene rings is 1. The van der Waals surface area contributed by atoms with E-state index in [0.29, 0.717) is 24.4 Å². The standard InChI is InChI=1S/C22H27N5O3/c1-13-18(15(3)25(5)23-13)11-27(22(28)21-14(2)24-26(6)16(21)4)10-17-7-8-19-20(9-17)30-12-29-19/h7-9H,10-12H2,1-6H3. The number of amides is 1. The van der Waals surface area contributed by atoms with Crippen molar-refractivity contribution in [1.82, 2.24) is 24.5 Å². The molecule has 8 nitrogen and oxygen atoms in total. The minimum Gasteiger partial charge on any atom is -0.454 e. The monoisotopic (exact) mass is 409 g/mol. The number of carbonyl (C=O) groups excluding carboxylic acids is 1. The van der Waals surface area contributed by atoms with Crippen LogP contribution in [0, 0.1) is 27.7 Å². The van der Waals surface area contributed by atoms with Crippen LogP contribution in [0.5, 0.6) is 11.5 Å². The van der Waals surface area contributed by atoms with Gasteiger partial charge in [0.1, 0.15) is 0 Å². The second kappa shape index (κ2) is 7.51. The zero-order valence-corrected chi connectivity index (χ0v) is 18.3. The van der Waals surface area contributed by atoms with E-state index in [-0.39, 0.29) is 12.7 Å². The molecule has 0 unspecified atom stereocenters. The highest BCUT2D eigenvalue weighted by molar-refractivity contribution is 5.96. The largest absolute Gasteiger partial charge is 0.454 e. The van der Waals surface area contributed by atoms with Gasteiger partial charge in [-0.1, -0.05) is 6.07 Å². The van der Waals surface area contributed by atoms with E-state index in [4.69, 9.17) is 9.47 Å². The fourth-order valence-electron chi connectivity index (χ4n) is 3.94. The average Bonchev–Trinajstić information content (AvgIpc) is 3.33. The lowest BCUT2D eigenvalue weighted by Crippen LogP contribution is -2.31. The van der Waals surface area contributed by atoms with Crippen LogP contribution in [-0.2, 0) is 27.2 Å². The van der Waals surface area contributed by atoms with Crippen molar-refractivity contribution in [1.29, 1.82) is 0 Å². The summed E-state index contributed by atoms with van der Waals surface area (Å²) in [5.74, 6) is 1.40. The first-order chi connectivity index (χ1) is 14.3. The fraction of sp³-hybridized carbons (Fsp3) is 0.409. The molecule has 0 fully saturated rings. The van der Waals surface area contributed by atoms with E-state index in [2.05, 4.69) is 10.2 Å². The molecule has 0 saturated heterocycles. The molecule has 0 radical (unpaired) electrons. The van der Waals surface area contributed by atoms with Crippen molar-refractivity contribution in [2.75, 3.05) is 6.79 Å². The van der Waals surface area contributed by atoms with Gasteiger partial charge in [0.15, 0.2) is 11.5 Å². The van der Waals surface area contributed by atoms with Gasteiger partial charge >= 0.3 is 0 Å². The Morgan fingerprint density at radius 1 is 0.967 bits per heavy atom. The highest BCUT2D eigenvalue weighted by Gasteiger charge is 2.26. The number of aryl methyl sites for hydroxylation is 4. The molecule has 1 aliphatic rings. The average molecular weight is 409 g/mol. The number of carbonyl (C=O) groups is 1. The highest BCUT2D eigenvalue weighted by Crippen LogP contribution is 2.33. The lowest BCUT2D eigenvalue weighted by molar-refractivity contribution is 0.0727. The number of nitrogens with zero attached hydrogens (tertiary/aromatic N) is 5. The van der Waals surface area contributed by atoms with Gasteiger partial charge in [0, 0.05) is 44.1 Å². The maximum Gasteiger partial charge on any atom is 0.258 e. The van der Waals surface area contributed by atoms with Crippen molar-refractivity contribution < 1.29 is 14.3 Å². The first-order valence-corrected chi connectivity index (χ1v) is 9.93. The number of fused-ring (bicyclic) bond motifs is 1. The minimum absolute atomic E-state index is 0.0431. The number of ether oxygens (including phenoxy) is 2. The summed E-state index contributed by atoms with van der Waals surface area (Å²) >= 11 is 0. The van der Waals surface area contributed by atoms with Crippen molar-refractivity contribution in [2.24, 2.45) is 14.1 Å². The van der Waals surface area contributed by atoms with Gasteiger partial charge in [0.2, 0.25) is 6.79 Å². The number of hydrogen-bond donors (Lipinski definition) is 0. The van der Waals surface area contributed by atoms with Crippen LogP contribution in [-0.4, -0.2) is 37.2 Å². The molecule has 0 N–H and O–H groups in total. The summed E-state index contributed by atoms with van der Waals surface area (Å²) < 4.78 is 14.5. The minimum atomic E-state index is -0.0431. The van der Waals surface area contributed by atoms with Gasteiger partial charge in [-0.2, -0.15) is 10.2 Å². The van der Waals surface area contributed by atoms with Crippen LogP contribution >= 0.6 is 0 Å². The Morgan fingerprint density at radius 3 is 2.27 bits per heavy atom. The molecule has 0 atom stereocenters. The summed E-state index contributed by atoms with van der Waals surface area (Å²) in [6.07, 6.45) is 0. The van der Waals surface area contributed by atoms with Crippen LogP contribution in [0.15, 0.2) is 18.2 Å². The molecule has 30 heavy (non-hydrogen) atoms. The van der Waals surface area contributed by atoms with Gasteiger partial charge < -0.3 is 14.4 Å². The molecular weight excluding hydrogens is 382 g/mol. The molecule has 3 aromatic rings. The van der Waals surface area contributed by atoms with E-state index in [9.17, 15) is 4.79 Å². The van der Waals surface area contributed by atoms with Gasteiger partial charge in [-0.05, 0) is 45.4 Å². The molecule has 0 spiro atoms. The lowest BCUT2D eigenvalue weighted by atomic mass is 10.1. The van der Waals surface area contributed by atoms with E-state index in [1.807, 2.05) is 69.6 Å². The number of aromatic nitrogens is 4. The van der Waals surface area contributed by atoms with E-state index < -0.39 is 0 Å². The highest BCUT2D eigenvalue weighted by atomic mass is 16.7. The molecule has 8 heteroatoms. The van der Waals surface area contributed by atoms with Crippen molar-refractivity contribution >= 4 is 5.91 Å². The van der Waals surface area contributed by atoms with Crippen molar-refractivity contribution in [3.63, 3.8) is 0 Å². The van der Waals surface area contributed by atoms with Crippen molar-refractivity contribution in [2.45, 2.75) is 40.8 Å². The maximum absolute atomic E-state index is 13.7. The van der Waals surface area contributed by atoms with Crippen LogP contribution in [0.2, 0.25) is 0 Å². The van der Waals surface area contributed by atoms with Gasteiger partial charge in [-0.3, -0.25) is 14.2 Å². The smallest absolute Gasteiger partial charge is 0.258 e. The quantitative estimate of drug-likeness (QED) is 0.648. The molecular formula is C22H27N5O3. The topological polar surface area (TPSA) is 74.4 Å². The summed E-state index contributed by atoms with van der Waals surface area (Å²) in [7, 11) is 3.78. The zero-order valence-electron chi connectivity index (χ0n) is 18.3. The summed E-state index contributed by atoms with van der Waals surface area (Å²) in [6.45, 7) is 8.94. The predicted molar refractivity (Wildman–Crippen MR) is 112 cm³/mol. The summed E-state index contributed by atoms with van der Waals surface area (Å²) in [5.41, 5.74) is 6.26. The van der Waals surface area contributed by atoms with Gasteiger partial charge in [0.25, 0.3) is 5.91 Å². The summed E-state index contributed by atoms with van der Waals surface area (Å²) in [4.78, 5) is 15.5. The normalized spacial score (nSPS) is 12.5.